The van der Waals surface area contributed by atoms with Crippen LogP contribution in [0.4, 0.5) is 0 Å². The second kappa shape index (κ2) is 8.55. The van der Waals surface area contributed by atoms with Crippen molar-refractivity contribution in [1.29, 1.82) is 0 Å². The summed E-state index contributed by atoms with van der Waals surface area (Å²) < 4.78 is 0. The van der Waals surface area contributed by atoms with Crippen LogP contribution in [0.2, 0.25) is 0 Å². The smallest absolute Gasteiger partial charge is 0.0334 e. The Morgan fingerprint density at radius 2 is 1.90 bits per heavy atom. The standard InChI is InChI=1S/C19H32N2/c1-4-17-10-13-21(14-11-17)15-12-19(20-5-2)18-9-7-6-8-16(18)3/h6-9,17,19-20H,4-5,10-15H2,1-3H3. The van der Waals surface area contributed by atoms with E-state index < -0.39 is 0 Å². The quantitative estimate of drug-likeness (QED) is 0.810. The van der Waals surface area contributed by atoms with Crippen LogP contribution in [0.3, 0.4) is 0 Å². The summed E-state index contributed by atoms with van der Waals surface area (Å²) >= 11 is 0. The number of hydrogen-bond donors (Lipinski definition) is 1. The first-order valence-corrected chi connectivity index (χ1v) is 8.75. The highest BCUT2D eigenvalue weighted by Gasteiger charge is 2.19. The lowest BCUT2D eigenvalue weighted by molar-refractivity contribution is 0.174. The number of nitrogens with one attached hydrogen (secondary N) is 1. The average molecular weight is 288 g/mol. The molecule has 118 valence electrons. The molecule has 2 nitrogen and oxygen atoms in total. The number of piperidine rings is 1. The van der Waals surface area contributed by atoms with E-state index in [0.717, 1.165) is 12.5 Å². The zero-order valence-electron chi connectivity index (χ0n) is 14.1. The molecule has 0 bridgehead atoms. The minimum atomic E-state index is 0.500. The third kappa shape index (κ3) is 4.82. The molecule has 1 unspecified atom stereocenters. The summed E-state index contributed by atoms with van der Waals surface area (Å²) in [5, 5.41) is 3.67. The van der Waals surface area contributed by atoms with Gasteiger partial charge in [-0.15, -0.1) is 0 Å². The average Bonchev–Trinajstić information content (AvgIpc) is 2.53. The maximum absolute atomic E-state index is 3.67. The highest BCUT2D eigenvalue weighted by atomic mass is 15.1. The van der Waals surface area contributed by atoms with Gasteiger partial charge in [0.15, 0.2) is 0 Å². The molecule has 1 fully saturated rings. The van der Waals surface area contributed by atoms with Crippen molar-refractivity contribution < 1.29 is 0 Å². The van der Waals surface area contributed by atoms with Crippen molar-refractivity contribution in [2.75, 3.05) is 26.2 Å². The van der Waals surface area contributed by atoms with E-state index in [1.807, 2.05) is 0 Å². The molecule has 1 atom stereocenters. The molecular formula is C19H32N2. The van der Waals surface area contributed by atoms with E-state index >= 15 is 0 Å². The number of rotatable bonds is 7. The third-order valence-corrected chi connectivity index (χ3v) is 5.03. The summed E-state index contributed by atoms with van der Waals surface area (Å²) in [5.74, 6) is 0.974. The van der Waals surface area contributed by atoms with E-state index in [2.05, 4.69) is 55.3 Å². The molecular weight excluding hydrogens is 256 g/mol. The fourth-order valence-electron chi connectivity index (χ4n) is 3.52. The van der Waals surface area contributed by atoms with Gasteiger partial charge < -0.3 is 10.2 Å². The minimum absolute atomic E-state index is 0.500. The Balaban J connectivity index is 1.88. The van der Waals surface area contributed by atoms with Crippen molar-refractivity contribution in [3.63, 3.8) is 0 Å². The maximum atomic E-state index is 3.67. The molecule has 1 aromatic carbocycles. The van der Waals surface area contributed by atoms with E-state index in [0.29, 0.717) is 6.04 Å². The minimum Gasteiger partial charge on any atom is -0.310 e. The van der Waals surface area contributed by atoms with Gasteiger partial charge in [0.05, 0.1) is 0 Å². The van der Waals surface area contributed by atoms with Crippen LogP contribution in [-0.4, -0.2) is 31.1 Å². The second-order valence-electron chi connectivity index (χ2n) is 6.45. The van der Waals surface area contributed by atoms with Gasteiger partial charge in [0.1, 0.15) is 0 Å². The lowest BCUT2D eigenvalue weighted by Gasteiger charge is -2.32. The topological polar surface area (TPSA) is 15.3 Å². The van der Waals surface area contributed by atoms with Crippen molar-refractivity contribution in [3.8, 4) is 0 Å². The first kappa shape index (κ1) is 16.5. The predicted molar refractivity (Wildman–Crippen MR) is 91.7 cm³/mol. The van der Waals surface area contributed by atoms with Gasteiger partial charge in [-0.25, -0.2) is 0 Å². The summed E-state index contributed by atoms with van der Waals surface area (Å²) in [6.07, 6.45) is 5.37. The number of likely N-dealkylation sites (tertiary alicyclic amines) is 1. The monoisotopic (exact) mass is 288 g/mol. The van der Waals surface area contributed by atoms with Crippen LogP contribution in [0.15, 0.2) is 24.3 Å². The van der Waals surface area contributed by atoms with Gasteiger partial charge in [-0.1, -0.05) is 44.5 Å². The van der Waals surface area contributed by atoms with Crippen molar-refractivity contribution >= 4 is 0 Å². The Morgan fingerprint density at radius 3 is 2.52 bits per heavy atom. The maximum Gasteiger partial charge on any atom is 0.0334 e. The summed E-state index contributed by atoms with van der Waals surface area (Å²) in [6, 6.07) is 9.31. The summed E-state index contributed by atoms with van der Waals surface area (Å²) in [4.78, 5) is 2.66. The van der Waals surface area contributed by atoms with Crippen LogP contribution in [-0.2, 0) is 0 Å². The largest absolute Gasteiger partial charge is 0.310 e. The summed E-state index contributed by atoms with van der Waals surface area (Å²) in [6.45, 7) is 11.6. The van der Waals surface area contributed by atoms with Crippen LogP contribution in [0.5, 0.6) is 0 Å². The van der Waals surface area contributed by atoms with Gasteiger partial charge in [-0.3, -0.25) is 0 Å². The molecule has 21 heavy (non-hydrogen) atoms. The molecule has 0 saturated carbocycles. The second-order valence-corrected chi connectivity index (χ2v) is 6.45. The van der Waals surface area contributed by atoms with Crippen LogP contribution in [0.1, 0.15) is 56.7 Å². The highest BCUT2D eigenvalue weighted by Crippen LogP contribution is 2.24. The molecule has 1 saturated heterocycles. The zero-order valence-corrected chi connectivity index (χ0v) is 14.1. The Kier molecular flexibility index (Phi) is 6.72. The molecule has 1 aromatic rings. The Labute approximate surface area is 130 Å². The SMILES string of the molecule is CCNC(CCN1CCC(CC)CC1)c1ccccc1C. The lowest BCUT2D eigenvalue weighted by atomic mass is 9.93. The van der Waals surface area contributed by atoms with Gasteiger partial charge >= 0.3 is 0 Å². The molecule has 0 spiro atoms. The Bertz CT molecular complexity index is 408. The van der Waals surface area contributed by atoms with Gasteiger partial charge in [-0.2, -0.15) is 0 Å². The predicted octanol–water partition coefficient (Wildman–Crippen LogP) is 4.16. The number of hydrogen-bond acceptors (Lipinski definition) is 2. The Morgan fingerprint density at radius 1 is 1.19 bits per heavy atom. The van der Waals surface area contributed by atoms with Crippen LogP contribution in [0.25, 0.3) is 0 Å². The number of nitrogens with zero attached hydrogens (tertiary/aromatic N) is 1. The van der Waals surface area contributed by atoms with E-state index in [1.165, 1.54) is 56.4 Å². The van der Waals surface area contributed by atoms with E-state index in [-0.39, 0.29) is 0 Å². The van der Waals surface area contributed by atoms with E-state index in [4.69, 9.17) is 0 Å². The number of benzene rings is 1. The molecule has 0 aromatic heterocycles. The summed E-state index contributed by atoms with van der Waals surface area (Å²) in [5.41, 5.74) is 2.89. The fraction of sp³-hybridized carbons (Fsp3) is 0.684. The summed E-state index contributed by atoms with van der Waals surface area (Å²) in [7, 11) is 0. The van der Waals surface area contributed by atoms with Crippen LogP contribution < -0.4 is 5.32 Å². The first-order valence-electron chi connectivity index (χ1n) is 8.75. The van der Waals surface area contributed by atoms with Gasteiger partial charge in [0.25, 0.3) is 0 Å². The molecule has 1 aliphatic heterocycles. The molecule has 1 heterocycles. The van der Waals surface area contributed by atoms with Crippen LogP contribution in [0, 0.1) is 12.8 Å². The molecule has 1 aliphatic rings. The molecule has 0 amide bonds. The molecule has 2 heteroatoms. The van der Waals surface area contributed by atoms with Crippen molar-refractivity contribution in [3.05, 3.63) is 35.4 Å². The van der Waals surface area contributed by atoms with Crippen LogP contribution >= 0.6 is 0 Å². The van der Waals surface area contributed by atoms with E-state index in [1.54, 1.807) is 0 Å². The van der Waals surface area contributed by atoms with Crippen molar-refractivity contribution in [2.45, 2.75) is 52.5 Å². The normalized spacial score (nSPS) is 18.8. The highest BCUT2D eigenvalue weighted by molar-refractivity contribution is 5.28. The first-order chi connectivity index (χ1) is 10.2. The van der Waals surface area contributed by atoms with Gasteiger partial charge in [-0.05, 0) is 69.4 Å². The Hall–Kier alpha value is -0.860. The molecule has 2 rings (SSSR count). The van der Waals surface area contributed by atoms with Crippen molar-refractivity contribution in [1.82, 2.24) is 10.2 Å². The zero-order chi connectivity index (χ0) is 15.1. The lowest BCUT2D eigenvalue weighted by Crippen LogP contribution is -2.36. The fourth-order valence-corrected chi connectivity index (χ4v) is 3.52. The van der Waals surface area contributed by atoms with Gasteiger partial charge in [0.2, 0.25) is 0 Å². The van der Waals surface area contributed by atoms with E-state index in [9.17, 15) is 0 Å². The third-order valence-electron chi connectivity index (χ3n) is 5.03. The number of aryl methyl sites for hydroxylation is 1. The van der Waals surface area contributed by atoms with Gasteiger partial charge in [0, 0.05) is 6.04 Å². The molecule has 0 aliphatic carbocycles. The molecule has 0 radical (unpaired) electrons. The van der Waals surface area contributed by atoms with Crippen molar-refractivity contribution in [2.24, 2.45) is 5.92 Å². The molecule has 1 N–H and O–H groups in total.